The van der Waals surface area contributed by atoms with Crippen LogP contribution in [0.15, 0.2) is 0 Å². The van der Waals surface area contributed by atoms with Crippen molar-refractivity contribution in [1.29, 1.82) is 0 Å². The first kappa shape index (κ1) is 13.5. The van der Waals surface area contributed by atoms with Crippen LogP contribution < -0.4 is 5.32 Å². The van der Waals surface area contributed by atoms with Crippen LogP contribution in [0.5, 0.6) is 0 Å². The van der Waals surface area contributed by atoms with Crippen LogP contribution in [-0.4, -0.2) is 22.7 Å². The van der Waals surface area contributed by atoms with Gasteiger partial charge in [0, 0.05) is 6.04 Å². The van der Waals surface area contributed by atoms with E-state index in [4.69, 9.17) is 0 Å². The summed E-state index contributed by atoms with van der Waals surface area (Å²) in [5.41, 5.74) is -0.703. The third-order valence-electron chi connectivity index (χ3n) is 4.11. The van der Waals surface area contributed by atoms with E-state index in [2.05, 4.69) is 12.2 Å². The minimum Gasteiger partial charge on any atom is -0.480 e. The molecule has 0 amide bonds. The standard InChI is InChI=1S/C13H25NO2/c1-4-13(5-2,12(15)16)14-11-8-6-10(3)7-9-11/h10-11,14H,4-9H2,1-3H3,(H,15,16). The maximum atomic E-state index is 11.4. The van der Waals surface area contributed by atoms with Crippen molar-refractivity contribution in [2.75, 3.05) is 0 Å². The van der Waals surface area contributed by atoms with Gasteiger partial charge in [0.15, 0.2) is 0 Å². The van der Waals surface area contributed by atoms with E-state index in [1.54, 1.807) is 0 Å². The average molecular weight is 227 g/mol. The maximum absolute atomic E-state index is 11.4. The number of nitrogens with one attached hydrogen (secondary N) is 1. The number of carboxylic acid groups (broad SMARTS) is 1. The Balaban J connectivity index is 2.58. The van der Waals surface area contributed by atoms with Crippen molar-refractivity contribution in [3.8, 4) is 0 Å². The lowest BCUT2D eigenvalue weighted by molar-refractivity contribution is -0.145. The lowest BCUT2D eigenvalue weighted by atomic mass is 9.84. The van der Waals surface area contributed by atoms with Crippen molar-refractivity contribution in [1.82, 2.24) is 5.32 Å². The highest BCUT2D eigenvalue weighted by Crippen LogP contribution is 2.26. The zero-order valence-electron chi connectivity index (χ0n) is 10.8. The van der Waals surface area contributed by atoms with Crippen molar-refractivity contribution in [3.05, 3.63) is 0 Å². The molecule has 1 saturated carbocycles. The Kier molecular flexibility index (Phi) is 4.78. The fourth-order valence-electron chi connectivity index (χ4n) is 2.61. The minimum absolute atomic E-state index is 0.396. The highest BCUT2D eigenvalue weighted by molar-refractivity contribution is 5.78. The molecule has 1 rings (SSSR count). The molecule has 3 heteroatoms. The van der Waals surface area contributed by atoms with E-state index in [0.717, 1.165) is 18.8 Å². The summed E-state index contributed by atoms with van der Waals surface area (Å²) in [5, 5.41) is 12.7. The summed E-state index contributed by atoms with van der Waals surface area (Å²) < 4.78 is 0. The summed E-state index contributed by atoms with van der Waals surface area (Å²) in [7, 11) is 0. The molecule has 16 heavy (non-hydrogen) atoms. The van der Waals surface area contributed by atoms with Crippen molar-refractivity contribution < 1.29 is 9.90 Å². The van der Waals surface area contributed by atoms with E-state index >= 15 is 0 Å². The molecule has 0 aromatic rings. The van der Waals surface area contributed by atoms with Crippen LogP contribution in [0, 0.1) is 5.92 Å². The minimum atomic E-state index is -0.703. The fourth-order valence-corrected chi connectivity index (χ4v) is 2.61. The first-order chi connectivity index (χ1) is 7.54. The Morgan fingerprint density at radius 2 is 1.75 bits per heavy atom. The van der Waals surface area contributed by atoms with Crippen molar-refractivity contribution in [2.45, 2.75) is 70.9 Å². The number of rotatable bonds is 5. The molecule has 0 aromatic carbocycles. The maximum Gasteiger partial charge on any atom is 0.323 e. The molecule has 0 bridgehead atoms. The molecule has 2 N–H and O–H groups in total. The third-order valence-corrected chi connectivity index (χ3v) is 4.11. The molecule has 0 aliphatic heterocycles. The van der Waals surface area contributed by atoms with Crippen LogP contribution in [-0.2, 0) is 4.79 Å². The molecule has 0 radical (unpaired) electrons. The zero-order chi connectivity index (χ0) is 12.2. The van der Waals surface area contributed by atoms with E-state index in [9.17, 15) is 9.90 Å². The second-order valence-corrected chi connectivity index (χ2v) is 5.20. The predicted octanol–water partition coefficient (Wildman–Crippen LogP) is 2.80. The predicted molar refractivity (Wildman–Crippen MR) is 65.5 cm³/mol. The van der Waals surface area contributed by atoms with E-state index in [-0.39, 0.29) is 0 Å². The lowest BCUT2D eigenvalue weighted by Gasteiger charge is -2.36. The van der Waals surface area contributed by atoms with Gasteiger partial charge in [0.1, 0.15) is 5.54 Å². The molecular weight excluding hydrogens is 202 g/mol. The molecule has 0 heterocycles. The zero-order valence-corrected chi connectivity index (χ0v) is 10.8. The Labute approximate surface area is 98.6 Å². The van der Waals surface area contributed by atoms with Gasteiger partial charge in [0.2, 0.25) is 0 Å². The van der Waals surface area contributed by atoms with E-state index in [1.807, 2.05) is 13.8 Å². The lowest BCUT2D eigenvalue weighted by Crippen LogP contribution is -2.55. The van der Waals surface area contributed by atoms with Crippen molar-refractivity contribution in [3.63, 3.8) is 0 Å². The van der Waals surface area contributed by atoms with Gasteiger partial charge in [0.25, 0.3) is 0 Å². The van der Waals surface area contributed by atoms with Gasteiger partial charge >= 0.3 is 5.97 Å². The molecule has 0 aromatic heterocycles. The summed E-state index contributed by atoms with van der Waals surface area (Å²) in [4.78, 5) is 11.4. The van der Waals surface area contributed by atoms with Gasteiger partial charge in [-0.1, -0.05) is 20.8 Å². The van der Waals surface area contributed by atoms with E-state index in [1.165, 1.54) is 12.8 Å². The number of aliphatic carboxylic acids is 1. The van der Waals surface area contributed by atoms with Gasteiger partial charge in [0.05, 0.1) is 0 Å². The van der Waals surface area contributed by atoms with Crippen LogP contribution in [0.4, 0.5) is 0 Å². The Bertz CT molecular complexity index is 228. The van der Waals surface area contributed by atoms with Gasteiger partial charge < -0.3 is 5.11 Å². The quantitative estimate of drug-likeness (QED) is 0.759. The molecule has 3 nitrogen and oxygen atoms in total. The topological polar surface area (TPSA) is 49.3 Å². The van der Waals surface area contributed by atoms with Gasteiger partial charge in [-0.15, -0.1) is 0 Å². The smallest absolute Gasteiger partial charge is 0.323 e. The van der Waals surface area contributed by atoms with E-state index < -0.39 is 11.5 Å². The highest BCUT2D eigenvalue weighted by atomic mass is 16.4. The fraction of sp³-hybridized carbons (Fsp3) is 0.923. The van der Waals surface area contributed by atoms with E-state index in [0.29, 0.717) is 18.9 Å². The average Bonchev–Trinajstić information content (AvgIpc) is 2.28. The molecule has 1 aliphatic carbocycles. The second-order valence-electron chi connectivity index (χ2n) is 5.20. The van der Waals surface area contributed by atoms with Gasteiger partial charge in [-0.05, 0) is 44.4 Å². The van der Waals surface area contributed by atoms with Crippen LogP contribution in [0.25, 0.3) is 0 Å². The monoisotopic (exact) mass is 227 g/mol. The van der Waals surface area contributed by atoms with Gasteiger partial charge in [-0.2, -0.15) is 0 Å². The normalized spacial score (nSPS) is 26.7. The van der Waals surface area contributed by atoms with Crippen molar-refractivity contribution in [2.24, 2.45) is 5.92 Å². The Morgan fingerprint density at radius 3 is 2.12 bits per heavy atom. The molecule has 0 unspecified atom stereocenters. The van der Waals surface area contributed by atoms with Crippen LogP contribution in [0.3, 0.4) is 0 Å². The third kappa shape index (κ3) is 2.97. The van der Waals surface area contributed by atoms with Crippen LogP contribution >= 0.6 is 0 Å². The summed E-state index contributed by atoms with van der Waals surface area (Å²) in [6.45, 7) is 6.19. The molecule has 0 atom stereocenters. The highest BCUT2D eigenvalue weighted by Gasteiger charge is 2.37. The summed E-state index contributed by atoms with van der Waals surface area (Å²) >= 11 is 0. The molecule has 0 spiro atoms. The summed E-state index contributed by atoms with van der Waals surface area (Å²) in [6, 6.07) is 0.396. The molecule has 0 saturated heterocycles. The number of hydrogen-bond donors (Lipinski definition) is 2. The summed E-state index contributed by atoms with van der Waals surface area (Å²) in [5.74, 6) is 0.108. The SMILES string of the molecule is CCC(CC)(NC1CCC(C)CC1)C(=O)O. The second kappa shape index (κ2) is 5.67. The molecule has 1 fully saturated rings. The van der Waals surface area contributed by atoms with Gasteiger partial charge in [-0.25, -0.2) is 0 Å². The number of carbonyl (C=O) groups is 1. The number of carboxylic acids is 1. The number of hydrogen-bond acceptors (Lipinski definition) is 2. The summed E-state index contributed by atoms with van der Waals surface area (Å²) in [6.07, 6.45) is 6.00. The molecular formula is C13H25NO2. The first-order valence-corrected chi connectivity index (χ1v) is 6.55. The molecule has 94 valence electrons. The molecule has 1 aliphatic rings. The van der Waals surface area contributed by atoms with Gasteiger partial charge in [-0.3, -0.25) is 10.1 Å². The first-order valence-electron chi connectivity index (χ1n) is 6.55. The van der Waals surface area contributed by atoms with Crippen LogP contribution in [0.1, 0.15) is 59.3 Å². The Hall–Kier alpha value is -0.570. The Morgan fingerprint density at radius 1 is 1.25 bits per heavy atom. The largest absolute Gasteiger partial charge is 0.480 e. The van der Waals surface area contributed by atoms with Crippen LogP contribution in [0.2, 0.25) is 0 Å². The van der Waals surface area contributed by atoms with Crippen molar-refractivity contribution >= 4 is 5.97 Å².